The molecule has 3 aromatic rings. The molecule has 0 spiro atoms. The lowest BCUT2D eigenvalue weighted by molar-refractivity contribution is 0.0394. The normalized spacial score (nSPS) is 16.6. The van der Waals surface area contributed by atoms with Crippen LogP contribution in [0.3, 0.4) is 0 Å². The van der Waals surface area contributed by atoms with Crippen molar-refractivity contribution in [1.82, 2.24) is 4.98 Å². The van der Waals surface area contributed by atoms with Crippen molar-refractivity contribution in [1.29, 1.82) is 0 Å². The van der Waals surface area contributed by atoms with Crippen molar-refractivity contribution in [3.8, 4) is 0 Å². The molecular weight excluding hydrogens is 418 g/mol. The van der Waals surface area contributed by atoms with Crippen LogP contribution in [-0.4, -0.2) is 30.6 Å². The Morgan fingerprint density at radius 2 is 1.86 bits per heavy atom. The highest BCUT2D eigenvalue weighted by molar-refractivity contribution is 9.10. The molecule has 2 aromatic carbocycles. The molecule has 1 aliphatic heterocycles. The number of nitrogens with one attached hydrogen (secondary N) is 1. The Bertz CT molecular complexity index is 948. The number of amides is 1. The minimum Gasteiger partial charge on any atom is -0.370 e. The van der Waals surface area contributed by atoms with E-state index in [0.717, 1.165) is 15.7 Å². The van der Waals surface area contributed by atoms with E-state index in [-0.39, 0.29) is 12.0 Å². The second-order valence-electron chi connectivity index (χ2n) is 6.55. The van der Waals surface area contributed by atoms with Crippen LogP contribution in [0.4, 0.5) is 11.5 Å². The van der Waals surface area contributed by atoms with Crippen molar-refractivity contribution in [3.05, 3.63) is 88.5 Å². The van der Waals surface area contributed by atoms with E-state index in [1.165, 1.54) is 0 Å². The van der Waals surface area contributed by atoms with Crippen molar-refractivity contribution in [2.75, 3.05) is 29.9 Å². The number of nitrogens with zero attached hydrogens (tertiary/aromatic N) is 2. The molecule has 1 aliphatic rings. The zero-order chi connectivity index (χ0) is 19.3. The van der Waals surface area contributed by atoms with Crippen LogP contribution in [0.2, 0.25) is 0 Å². The number of benzene rings is 2. The molecule has 6 heteroatoms. The van der Waals surface area contributed by atoms with E-state index < -0.39 is 0 Å². The third-order valence-corrected chi connectivity index (χ3v) is 5.20. The van der Waals surface area contributed by atoms with Crippen LogP contribution in [-0.2, 0) is 4.74 Å². The summed E-state index contributed by atoms with van der Waals surface area (Å²) in [5, 5.41) is 2.95. The van der Waals surface area contributed by atoms with Crippen molar-refractivity contribution >= 4 is 33.3 Å². The minimum atomic E-state index is -0.173. The highest BCUT2D eigenvalue weighted by Crippen LogP contribution is 2.27. The zero-order valence-electron chi connectivity index (χ0n) is 15.2. The molecule has 0 bridgehead atoms. The number of ether oxygens (including phenoxy) is 1. The lowest BCUT2D eigenvalue weighted by Gasteiger charge is -2.34. The van der Waals surface area contributed by atoms with Crippen LogP contribution in [0, 0.1) is 0 Å². The lowest BCUT2D eigenvalue weighted by Crippen LogP contribution is -2.39. The Labute approximate surface area is 172 Å². The van der Waals surface area contributed by atoms with E-state index in [1.54, 1.807) is 12.3 Å². The van der Waals surface area contributed by atoms with Crippen LogP contribution in [0.25, 0.3) is 0 Å². The molecule has 0 aliphatic carbocycles. The molecule has 0 saturated carbocycles. The van der Waals surface area contributed by atoms with Gasteiger partial charge in [0, 0.05) is 29.4 Å². The van der Waals surface area contributed by atoms with Gasteiger partial charge in [0.15, 0.2) is 0 Å². The first-order chi connectivity index (χ1) is 13.7. The predicted octanol–water partition coefficient (Wildman–Crippen LogP) is 4.67. The summed E-state index contributed by atoms with van der Waals surface area (Å²) in [6.45, 7) is 1.93. The average molecular weight is 438 g/mol. The third-order valence-electron chi connectivity index (χ3n) is 4.67. The monoisotopic (exact) mass is 437 g/mol. The van der Waals surface area contributed by atoms with E-state index in [2.05, 4.69) is 43.3 Å². The molecule has 1 saturated heterocycles. The summed E-state index contributed by atoms with van der Waals surface area (Å²) < 4.78 is 6.91. The zero-order valence-corrected chi connectivity index (χ0v) is 16.8. The molecular formula is C22H20BrN3O2. The Hall–Kier alpha value is -2.70. The number of rotatable bonds is 4. The maximum Gasteiger partial charge on any atom is 0.259 e. The first-order valence-corrected chi connectivity index (χ1v) is 9.93. The number of morpholine rings is 1. The predicted molar refractivity (Wildman–Crippen MR) is 114 cm³/mol. The van der Waals surface area contributed by atoms with Crippen molar-refractivity contribution in [3.63, 3.8) is 0 Å². The number of pyridine rings is 1. The van der Waals surface area contributed by atoms with Crippen LogP contribution >= 0.6 is 15.9 Å². The van der Waals surface area contributed by atoms with Crippen molar-refractivity contribution in [2.24, 2.45) is 0 Å². The number of halogens is 1. The summed E-state index contributed by atoms with van der Waals surface area (Å²) in [5.41, 5.74) is 2.43. The second kappa shape index (κ2) is 8.54. The fourth-order valence-corrected chi connectivity index (χ4v) is 3.53. The van der Waals surface area contributed by atoms with Gasteiger partial charge in [-0.15, -0.1) is 0 Å². The summed E-state index contributed by atoms with van der Waals surface area (Å²) in [5.74, 6) is 0.509. The molecule has 1 N–H and O–H groups in total. The fraction of sp³-hybridized carbons (Fsp3) is 0.182. The summed E-state index contributed by atoms with van der Waals surface area (Å²) in [6.07, 6.45) is 1.68. The molecule has 4 rings (SSSR count). The van der Waals surface area contributed by atoms with Gasteiger partial charge in [-0.1, -0.05) is 46.3 Å². The Balaban J connectivity index is 1.55. The molecule has 1 atom stereocenters. The molecule has 5 nitrogen and oxygen atoms in total. The first kappa shape index (κ1) is 18.7. The molecule has 1 fully saturated rings. The fourth-order valence-electron chi connectivity index (χ4n) is 3.27. The lowest BCUT2D eigenvalue weighted by atomic mass is 10.1. The Morgan fingerprint density at radius 1 is 1.07 bits per heavy atom. The van der Waals surface area contributed by atoms with E-state index >= 15 is 0 Å². The largest absolute Gasteiger partial charge is 0.370 e. The maximum absolute atomic E-state index is 12.9. The third kappa shape index (κ3) is 4.24. The number of anilines is 2. The van der Waals surface area contributed by atoms with Gasteiger partial charge in [-0.2, -0.15) is 0 Å². The molecule has 0 unspecified atom stereocenters. The van der Waals surface area contributed by atoms with Gasteiger partial charge in [0.1, 0.15) is 11.9 Å². The molecule has 0 radical (unpaired) electrons. The van der Waals surface area contributed by atoms with Gasteiger partial charge >= 0.3 is 0 Å². The van der Waals surface area contributed by atoms with Crippen LogP contribution < -0.4 is 10.2 Å². The quantitative estimate of drug-likeness (QED) is 0.643. The van der Waals surface area contributed by atoms with Crippen LogP contribution in [0.1, 0.15) is 22.0 Å². The van der Waals surface area contributed by atoms with Crippen molar-refractivity contribution in [2.45, 2.75) is 6.10 Å². The van der Waals surface area contributed by atoms with Crippen LogP contribution in [0.15, 0.2) is 77.4 Å². The van der Waals surface area contributed by atoms with Gasteiger partial charge in [0.05, 0.1) is 12.2 Å². The number of hydrogen-bond acceptors (Lipinski definition) is 4. The number of aromatic nitrogens is 1. The molecule has 142 valence electrons. The topological polar surface area (TPSA) is 54.5 Å². The second-order valence-corrected chi connectivity index (χ2v) is 7.47. The van der Waals surface area contributed by atoms with Gasteiger partial charge in [0.2, 0.25) is 0 Å². The highest BCUT2D eigenvalue weighted by atomic mass is 79.9. The summed E-state index contributed by atoms with van der Waals surface area (Å²) in [4.78, 5) is 19.5. The maximum atomic E-state index is 12.9. The summed E-state index contributed by atoms with van der Waals surface area (Å²) in [6, 6.07) is 21.2. The Kier molecular flexibility index (Phi) is 5.69. The first-order valence-electron chi connectivity index (χ1n) is 9.14. The van der Waals surface area contributed by atoms with Crippen LogP contribution in [0.5, 0.6) is 0 Å². The summed E-state index contributed by atoms with van der Waals surface area (Å²) in [7, 11) is 0. The SMILES string of the molecule is O=C(Nc1ccc(Br)cc1)c1cccnc1N1CCO[C@H](c2ccccc2)C1. The van der Waals surface area contributed by atoms with Gasteiger partial charge < -0.3 is 15.0 Å². The Morgan fingerprint density at radius 3 is 2.64 bits per heavy atom. The van der Waals surface area contributed by atoms with E-state index in [4.69, 9.17) is 4.74 Å². The molecule has 1 aromatic heterocycles. The van der Waals surface area contributed by atoms with Gasteiger partial charge in [-0.25, -0.2) is 4.98 Å². The van der Waals surface area contributed by atoms with E-state index in [0.29, 0.717) is 31.1 Å². The van der Waals surface area contributed by atoms with Crippen molar-refractivity contribution < 1.29 is 9.53 Å². The molecule has 2 heterocycles. The highest BCUT2D eigenvalue weighted by Gasteiger charge is 2.26. The molecule has 28 heavy (non-hydrogen) atoms. The number of carbonyl (C=O) groups is 1. The number of hydrogen-bond donors (Lipinski definition) is 1. The van der Waals surface area contributed by atoms with E-state index in [9.17, 15) is 4.79 Å². The number of carbonyl (C=O) groups excluding carboxylic acids is 1. The van der Waals surface area contributed by atoms with Gasteiger partial charge in [-0.3, -0.25) is 4.79 Å². The summed E-state index contributed by atoms with van der Waals surface area (Å²) >= 11 is 3.40. The standard InChI is InChI=1S/C22H20BrN3O2/c23-17-8-10-18(11-9-17)25-22(27)19-7-4-12-24-21(19)26-13-14-28-20(15-26)16-5-2-1-3-6-16/h1-12,20H,13-15H2,(H,25,27)/t20-/m0/s1. The minimum absolute atomic E-state index is 0.0423. The smallest absolute Gasteiger partial charge is 0.259 e. The van der Waals surface area contributed by atoms with Gasteiger partial charge in [0.25, 0.3) is 5.91 Å². The molecule has 1 amide bonds. The average Bonchev–Trinajstić information content (AvgIpc) is 2.76. The van der Waals surface area contributed by atoms with E-state index in [1.807, 2.05) is 48.5 Å². The van der Waals surface area contributed by atoms with Gasteiger partial charge in [-0.05, 0) is 42.0 Å².